The molecule has 1 saturated heterocycles. The summed E-state index contributed by atoms with van der Waals surface area (Å²) in [6, 6.07) is 11.2. The second-order valence-electron chi connectivity index (χ2n) is 12.9. The van der Waals surface area contributed by atoms with Crippen LogP contribution in [0.25, 0.3) is 22.2 Å². The number of piperidine rings is 1. The molecule has 8 nitrogen and oxygen atoms in total. The van der Waals surface area contributed by atoms with E-state index in [1.54, 1.807) is 0 Å². The van der Waals surface area contributed by atoms with E-state index in [2.05, 4.69) is 86.1 Å². The molecule has 4 rings (SSSR count). The van der Waals surface area contributed by atoms with Gasteiger partial charge in [-0.3, -0.25) is 20.0 Å². The number of nitrogens with one attached hydrogen (secondary N) is 2. The highest BCUT2D eigenvalue weighted by atomic mass is 16.5. The number of aromatic nitrogens is 2. The zero-order valence-corrected chi connectivity index (χ0v) is 28.0. The first-order valence-corrected chi connectivity index (χ1v) is 16.6. The minimum absolute atomic E-state index is 0.191. The molecule has 0 unspecified atom stereocenters. The van der Waals surface area contributed by atoms with Gasteiger partial charge in [0.2, 0.25) is 6.41 Å². The second-order valence-corrected chi connectivity index (χ2v) is 12.9. The molecule has 0 aliphatic carbocycles. The smallest absolute Gasteiger partial charge is 0.293 e. The molecule has 0 bridgehead atoms. The number of ether oxygens (including phenoxy) is 1. The summed E-state index contributed by atoms with van der Waals surface area (Å²) in [6.45, 7) is 18.1. The number of benzene rings is 1. The quantitative estimate of drug-likeness (QED) is 0.101. The molecule has 1 aliphatic heterocycles. The third kappa shape index (κ3) is 9.55. The Kier molecular flexibility index (Phi) is 14.2. The van der Waals surface area contributed by atoms with E-state index in [4.69, 9.17) is 9.72 Å². The molecule has 3 aromatic rings. The molecule has 1 aromatic carbocycles. The molecule has 2 aromatic heterocycles. The van der Waals surface area contributed by atoms with Gasteiger partial charge in [0, 0.05) is 59.9 Å². The Bertz CT molecular complexity index is 1310. The molecular weight excluding hydrogens is 550 g/mol. The number of hydrogen-bond donors (Lipinski definition) is 2. The van der Waals surface area contributed by atoms with Crippen molar-refractivity contribution in [1.82, 2.24) is 20.4 Å². The molecule has 44 heavy (non-hydrogen) atoms. The fourth-order valence-electron chi connectivity index (χ4n) is 6.20. The van der Waals surface area contributed by atoms with Gasteiger partial charge in [0.1, 0.15) is 0 Å². The number of nitrogens with zero attached hydrogens (tertiary/aromatic N) is 3. The van der Waals surface area contributed by atoms with Gasteiger partial charge >= 0.3 is 0 Å². The molecule has 1 aliphatic rings. The predicted octanol–water partition coefficient (Wildman–Crippen LogP) is 7.40. The number of aryl methyl sites for hydroxylation is 1. The van der Waals surface area contributed by atoms with E-state index in [0.29, 0.717) is 25.4 Å². The molecule has 1 amide bonds. The van der Waals surface area contributed by atoms with Crippen molar-refractivity contribution in [3.63, 3.8) is 0 Å². The van der Waals surface area contributed by atoms with Gasteiger partial charge in [-0.15, -0.1) is 0 Å². The van der Waals surface area contributed by atoms with Crippen LogP contribution in [0.4, 0.5) is 5.69 Å². The lowest BCUT2D eigenvalue weighted by Gasteiger charge is -2.29. The van der Waals surface area contributed by atoms with Gasteiger partial charge in [-0.05, 0) is 80.8 Å². The number of pyridine rings is 1. The van der Waals surface area contributed by atoms with Gasteiger partial charge in [0.15, 0.2) is 0 Å². The zero-order valence-electron chi connectivity index (χ0n) is 28.0. The maximum atomic E-state index is 11.0. The summed E-state index contributed by atoms with van der Waals surface area (Å²) >= 11 is 0. The highest BCUT2D eigenvalue weighted by Gasteiger charge is 2.28. The van der Waals surface area contributed by atoms with Crippen molar-refractivity contribution in [1.29, 1.82) is 0 Å². The Hall–Kier alpha value is -3.39. The maximum absolute atomic E-state index is 11.0. The lowest BCUT2D eigenvalue weighted by Crippen LogP contribution is -2.30. The molecule has 1 fully saturated rings. The van der Waals surface area contributed by atoms with Crippen molar-refractivity contribution in [2.75, 3.05) is 31.1 Å². The van der Waals surface area contributed by atoms with Crippen LogP contribution in [0, 0.1) is 5.41 Å². The normalized spacial score (nSPS) is 13.5. The fraction of sp³-hybridized carbons (Fsp3) is 0.583. The van der Waals surface area contributed by atoms with E-state index < -0.39 is 0 Å². The number of hydrogen-bond acceptors (Lipinski definition) is 6. The Morgan fingerprint density at radius 3 is 2.48 bits per heavy atom. The van der Waals surface area contributed by atoms with Gasteiger partial charge in [-0.25, -0.2) is 5.43 Å². The van der Waals surface area contributed by atoms with Gasteiger partial charge in [-0.1, -0.05) is 53.9 Å². The van der Waals surface area contributed by atoms with Crippen LogP contribution >= 0.6 is 0 Å². The molecule has 3 heterocycles. The Labute approximate surface area is 264 Å². The van der Waals surface area contributed by atoms with E-state index in [1.807, 2.05) is 12.3 Å². The Morgan fingerprint density at radius 2 is 1.82 bits per heavy atom. The van der Waals surface area contributed by atoms with Crippen molar-refractivity contribution in [2.45, 2.75) is 105 Å². The standard InChI is InChI=1S/C29H39N3O2.C7H16N2O/c1-6-32-26-13-12-22(31-15-8-7-9-16-31)17-24(26)25(18-29(4,5)19-34-20-33)28(32)23-11-10-14-30-27(23)21(2)3;1-2-3-4-5-6-8-9-7-10/h10-14,17,20-21H,6-9,15-16,18-19H2,1-5H3;7-8H,2-6H2,1H3,(H,9,10). The lowest BCUT2D eigenvalue weighted by molar-refractivity contribution is -0.131. The minimum Gasteiger partial charge on any atom is -0.467 e. The molecule has 0 spiro atoms. The molecule has 8 heteroatoms. The van der Waals surface area contributed by atoms with E-state index >= 15 is 0 Å². The third-order valence-electron chi connectivity index (χ3n) is 8.34. The molecule has 0 saturated carbocycles. The van der Waals surface area contributed by atoms with Crippen LogP contribution in [-0.2, 0) is 27.3 Å². The third-order valence-corrected chi connectivity index (χ3v) is 8.34. The highest BCUT2D eigenvalue weighted by Crippen LogP contribution is 2.41. The number of fused-ring (bicyclic) bond motifs is 1. The van der Waals surface area contributed by atoms with Gasteiger partial charge < -0.3 is 14.2 Å². The summed E-state index contributed by atoms with van der Waals surface area (Å²) in [6.07, 6.45) is 12.1. The highest BCUT2D eigenvalue weighted by molar-refractivity contribution is 5.94. The van der Waals surface area contributed by atoms with Crippen LogP contribution in [0.5, 0.6) is 0 Å². The summed E-state index contributed by atoms with van der Waals surface area (Å²) in [5.74, 6) is 0.322. The second kappa shape index (κ2) is 17.8. The summed E-state index contributed by atoms with van der Waals surface area (Å²) in [4.78, 5) is 28.0. The zero-order chi connectivity index (χ0) is 32.0. The molecule has 0 atom stereocenters. The van der Waals surface area contributed by atoms with Crippen LogP contribution in [0.3, 0.4) is 0 Å². The molecule has 0 radical (unpaired) electrons. The largest absolute Gasteiger partial charge is 0.467 e. The van der Waals surface area contributed by atoms with Crippen LogP contribution < -0.4 is 15.8 Å². The molecule has 242 valence electrons. The van der Waals surface area contributed by atoms with Crippen molar-refractivity contribution in [3.05, 3.63) is 47.8 Å². The minimum atomic E-state index is -0.191. The number of carbonyl (C=O) groups excluding carboxylic acids is 2. The molecule has 2 N–H and O–H groups in total. The first kappa shape index (κ1) is 35.1. The number of anilines is 1. The molecular formula is C36H55N5O3. The number of unbranched alkanes of at least 4 members (excludes halogenated alkanes) is 3. The van der Waals surface area contributed by atoms with E-state index in [9.17, 15) is 9.59 Å². The van der Waals surface area contributed by atoms with Crippen LogP contribution in [0.2, 0.25) is 0 Å². The predicted molar refractivity (Wildman–Crippen MR) is 182 cm³/mol. The SMILES string of the molecule is CCCCCCNNC=O.CCn1c(-c2cccnc2C(C)C)c(CC(C)(C)COC=O)c2cc(N3CCCCC3)ccc21. The van der Waals surface area contributed by atoms with Crippen molar-refractivity contribution in [3.8, 4) is 11.3 Å². The van der Waals surface area contributed by atoms with E-state index in [1.165, 1.54) is 71.9 Å². The van der Waals surface area contributed by atoms with Crippen molar-refractivity contribution in [2.24, 2.45) is 5.41 Å². The van der Waals surface area contributed by atoms with Crippen molar-refractivity contribution < 1.29 is 14.3 Å². The maximum Gasteiger partial charge on any atom is 0.293 e. The van der Waals surface area contributed by atoms with Crippen LogP contribution in [0.15, 0.2) is 36.5 Å². The van der Waals surface area contributed by atoms with E-state index in [-0.39, 0.29) is 5.41 Å². The summed E-state index contributed by atoms with van der Waals surface area (Å²) in [5, 5.41) is 1.30. The number of carbonyl (C=O) groups is 2. The first-order valence-electron chi connectivity index (χ1n) is 16.6. The summed E-state index contributed by atoms with van der Waals surface area (Å²) < 4.78 is 7.68. The van der Waals surface area contributed by atoms with Crippen molar-refractivity contribution >= 4 is 29.5 Å². The van der Waals surface area contributed by atoms with E-state index in [0.717, 1.165) is 44.7 Å². The topological polar surface area (TPSA) is 88.5 Å². The number of amides is 1. The lowest BCUT2D eigenvalue weighted by atomic mass is 9.84. The first-order chi connectivity index (χ1) is 21.3. The average molecular weight is 606 g/mol. The number of rotatable bonds is 16. The van der Waals surface area contributed by atoms with Crippen LogP contribution in [-0.4, -0.2) is 48.7 Å². The average Bonchev–Trinajstić information content (AvgIpc) is 3.34. The fourth-order valence-corrected chi connectivity index (χ4v) is 6.20. The monoisotopic (exact) mass is 605 g/mol. The van der Waals surface area contributed by atoms with Gasteiger partial charge in [0.05, 0.1) is 18.0 Å². The summed E-state index contributed by atoms with van der Waals surface area (Å²) in [7, 11) is 0. The Morgan fingerprint density at radius 1 is 1.05 bits per heavy atom. The van der Waals surface area contributed by atoms with Gasteiger partial charge in [-0.2, -0.15) is 0 Å². The Balaban J connectivity index is 0.000000456. The summed E-state index contributed by atoms with van der Waals surface area (Å²) in [5.41, 5.74) is 12.5. The van der Waals surface area contributed by atoms with Crippen LogP contribution in [0.1, 0.15) is 104 Å². The van der Waals surface area contributed by atoms with Gasteiger partial charge in [0.25, 0.3) is 6.47 Å². The number of hydrazine groups is 1.